The van der Waals surface area contributed by atoms with E-state index in [2.05, 4.69) is 35.3 Å². The number of hydrazine groups is 1. The summed E-state index contributed by atoms with van der Waals surface area (Å²) in [4.78, 5) is 3.76. The summed E-state index contributed by atoms with van der Waals surface area (Å²) in [6.45, 7) is 3.45. The van der Waals surface area contributed by atoms with Crippen molar-refractivity contribution in [2.45, 2.75) is 0 Å². The molecular weight excluding hydrogens is 222 g/mol. The minimum atomic E-state index is 0.740. The van der Waals surface area contributed by atoms with Gasteiger partial charge in [-0.25, -0.2) is 0 Å². The van der Waals surface area contributed by atoms with E-state index in [-0.39, 0.29) is 0 Å². The van der Waals surface area contributed by atoms with Crippen LogP contribution in [-0.4, -0.2) is 6.72 Å². The van der Waals surface area contributed by atoms with Crippen LogP contribution >= 0.6 is 0 Å². The van der Waals surface area contributed by atoms with Crippen LogP contribution in [0.3, 0.4) is 0 Å². The van der Waals surface area contributed by atoms with Crippen LogP contribution in [-0.2, 0) is 0 Å². The van der Waals surface area contributed by atoms with Crippen LogP contribution in [0.4, 0.5) is 0 Å². The lowest BCUT2D eigenvalue weighted by molar-refractivity contribution is 0.988. The lowest BCUT2D eigenvalue weighted by atomic mass is 9.98. The maximum atomic E-state index is 5.53. The van der Waals surface area contributed by atoms with Crippen LogP contribution < -0.4 is 11.3 Å². The molecule has 18 heavy (non-hydrogen) atoms. The number of benzene rings is 2. The summed E-state index contributed by atoms with van der Waals surface area (Å²) in [7, 11) is 0. The van der Waals surface area contributed by atoms with Crippen LogP contribution in [0.2, 0.25) is 0 Å². The van der Waals surface area contributed by atoms with E-state index in [1.807, 2.05) is 36.4 Å². The number of nitrogens with one attached hydrogen (secondary N) is 1. The maximum absolute atomic E-state index is 5.53. The Morgan fingerprint density at radius 1 is 1.06 bits per heavy atom. The lowest BCUT2D eigenvalue weighted by Gasteiger charge is -2.12. The molecular formula is C15H15N3. The van der Waals surface area contributed by atoms with Gasteiger partial charge in [0.15, 0.2) is 0 Å². The molecule has 0 aliphatic carbocycles. The highest BCUT2D eigenvalue weighted by molar-refractivity contribution is 5.80. The highest BCUT2D eigenvalue weighted by Gasteiger charge is 2.07. The van der Waals surface area contributed by atoms with E-state index in [0.29, 0.717) is 0 Å². The molecule has 3 N–H and O–H groups in total. The third kappa shape index (κ3) is 2.47. The van der Waals surface area contributed by atoms with Gasteiger partial charge < -0.3 is 5.43 Å². The topological polar surface area (TPSA) is 50.4 Å². The monoisotopic (exact) mass is 237 g/mol. The van der Waals surface area contributed by atoms with Gasteiger partial charge in [-0.2, -0.15) is 0 Å². The van der Waals surface area contributed by atoms with E-state index >= 15 is 0 Å². The summed E-state index contributed by atoms with van der Waals surface area (Å²) in [6, 6.07) is 18.2. The molecule has 0 saturated carbocycles. The van der Waals surface area contributed by atoms with Gasteiger partial charge in [0, 0.05) is 5.56 Å². The summed E-state index contributed by atoms with van der Waals surface area (Å²) in [5, 5.41) is 0. The predicted molar refractivity (Wildman–Crippen MR) is 76.7 cm³/mol. The van der Waals surface area contributed by atoms with Gasteiger partial charge in [0.2, 0.25) is 0 Å². The SMILES string of the molecule is C=N/C=C(\NN)c1ccccc1-c1ccccc1. The Bertz CT molecular complexity index is 559. The van der Waals surface area contributed by atoms with Gasteiger partial charge in [-0.1, -0.05) is 54.6 Å². The summed E-state index contributed by atoms with van der Waals surface area (Å²) in [5.41, 5.74) is 6.64. The average Bonchev–Trinajstić information content (AvgIpc) is 2.46. The molecule has 0 saturated heterocycles. The molecule has 0 radical (unpaired) electrons. The number of aliphatic imine (C=N–C) groups is 1. The number of hydrogen-bond acceptors (Lipinski definition) is 3. The summed E-state index contributed by atoms with van der Waals surface area (Å²) >= 11 is 0. The first-order valence-corrected chi connectivity index (χ1v) is 5.64. The largest absolute Gasteiger partial charge is 0.322 e. The zero-order valence-electron chi connectivity index (χ0n) is 10.0. The fourth-order valence-corrected chi connectivity index (χ4v) is 1.86. The van der Waals surface area contributed by atoms with Gasteiger partial charge in [-0.05, 0) is 17.8 Å². The Morgan fingerprint density at radius 3 is 2.39 bits per heavy atom. The maximum Gasteiger partial charge on any atom is 0.0747 e. The summed E-state index contributed by atoms with van der Waals surface area (Å²) in [6.07, 6.45) is 1.61. The van der Waals surface area contributed by atoms with E-state index < -0.39 is 0 Å². The van der Waals surface area contributed by atoms with E-state index in [0.717, 1.165) is 22.4 Å². The second-order valence-electron chi connectivity index (χ2n) is 3.78. The van der Waals surface area contributed by atoms with Gasteiger partial charge >= 0.3 is 0 Å². The van der Waals surface area contributed by atoms with Crippen molar-refractivity contribution in [1.82, 2.24) is 5.43 Å². The molecule has 2 aromatic carbocycles. The molecule has 2 aromatic rings. The Labute approximate surface area is 107 Å². The molecule has 0 bridgehead atoms. The molecule has 3 heteroatoms. The molecule has 0 unspecified atom stereocenters. The van der Waals surface area contributed by atoms with Gasteiger partial charge in [-0.15, -0.1) is 0 Å². The van der Waals surface area contributed by atoms with Crippen molar-refractivity contribution >= 4 is 12.4 Å². The van der Waals surface area contributed by atoms with Crippen molar-refractivity contribution in [2.75, 3.05) is 0 Å². The minimum Gasteiger partial charge on any atom is -0.322 e. The fourth-order valence-electron chi connectivity index (χ4n) is 1.86. The van der Waals surface area contributed by atoms with E-state index in [1.165, 1.54) is 0 Å². The molecule has 3 nitrogen and oxygen atoms in total. The third-order valence-electron chi connectivity index (χ3n) is 2.68. The first-order chi connectivity index (χ1) is 8.86. The Hall–Kier alpha value is -2.39. The summed E-state index contributed by atoms with van der Waals surface area (Å²) < 4.78 is 0. The van der Waals surface area contributed by atoms with E-state index in [9.17, 15) is 0 Å². The molecule has 0 fully saturated rings. The molecule has 90 valence electrons. The molecule has 0 amide bonds. The van der Waals surface area contributed by atoms with Gasteiger partial charge in [-0.3, -0.25) is 10.8 Å². The van der Waals surface area contributed by atoms with Crippen LogP contribution in [0.15, 0.2) is 65.8 Å². The number of rotatable bonds is 4. The second kappa shape index (κ2) is 5.80. The Kier molecular flexibility index (Phi) is 3.89. The Balaban J connectivity index is 2.56. The van der Waals surface area contributed by atoms with Crippen molar-refractivity contribution in [3.05, 3.63) is 66.4 Å². The van der Waals surface area contributed by atoms with E-state index in [1.54, 1.807) is 6.20 Å². The smallest absolute Gasteiger partial charge is 0.0747 e. The predicted octanol–water partition coefficient (Wildman–Crippen LogP) is 2.82. The highest BCUT2D eigenvalue weighted by atomic mass is 15.2. The number of nitrogens with two attached hydrogens (primary N) is 1. The molecule has 0 aliphatic rings. The van der Waals surface area contributed by atoms with Crippen LogP contribution in [0.5, 0.6) is 0 Å². The van der Waals surface area contributed by atoms with Gasteiger partial charge in [0.05, 0.1) is 11.9 Å². The van der Waals surface area contributed by atoms with Crippen LogP contribution in [0.1, 0.15) is 5.56 Å². The summed E-state index contributed by atoms with van der Waals surface area (Å²) in [5.74, 6) is 5.53. The zero-order chi connectivity index (χ0) is 12.8. The van der Waals surface area contributed by atoms with Crippen molar-refractivity contribution in [1.29, 1.82) is 0 Å². The van der Waals surface area contributed by atoms with Crippen molar-refractivity contribution in [3.63, 3.8) is 0 Å². The van der Waals surface area contributed by atoms with Crippen LogP contribution in [0.25, 0.3) is 16.8 Å². The zero-order valence-corrected chi connectivity index (χ0v) is 10.0. The molecule has 0 aromatic heterocycles. The quantitative estimate of drug-likeness (QED) is 0.488. The third-order valence-corrected chi connectivity index (χ3v) is 2.68. The van der Waals surface area contributed by atoms with Crippen molar-refractivity contribution < 1.29 is 0 Å². The normalized spacial score (nSPS) is 11.1. The molecule has 0 aliphatic heterocycles. The van der Waals surface area contributed by atoms with Crippen LogP contribution in [0, 0.1) is 0 Å². The van der Waals surface area contributed by atoms with Crippen molar-refractivity contribution in [3.8, 4) is 11.1 Å². The minimum absolute atomic E-state index is 0.740. The molecule has 2 rings (SSSR count). The van der Waals surface area contributed by atoms with Crippen molar-refractivity contribution in [2.24, 2.45) is 10.8 Å². The van der Waals surface area contributed by atoms with Gasteiger partial charge in [0.1, 0.15) is 0 Å². The van der Waals surface area contributed by atoms with Gasteiger partial charge in [0.25, 0.3) is 0 Å². The molecule has 0 spiro atoms. The Morgan fingerprint density at radius 2 is 1.72 bits per heavy atom. The first-order valence-electron chi connectivity index (χ1n) is 5.64. The lowest BCUT2D eigenvalue weighted by Crippen LogP contribution is -2.20. The molecule has 0 heterocycles. The first kappa shape index (κ1) is 12.1. The van der Waals surface area contributed by atoms with E-state index in [4.69, 9.17) is 5.84 Å². The number of hydrogen-bond donors (Lipinski definition) is 2. The molecule has 0 atom stereocenters. The standard InChI is InChI=1S/C15H15N3/c1-17-11-15(18-16)14-10-6-5-9-13(14)12-7-3-2-4-8-12/h2-11,18H,1,16H2/b15-11-. The number of nitrogens with zero attached hydrogens (tertiary/aromatic N) is 1. The second-order valence-corrected chi connectivity index (χ2v) is 3.78. The fraction of sp³-hybridized carbons (Fsp3) is 0. The average molecular weight is 237 g/mol. The highest BCUT2D eigenvalue weighted by Crippen LogP contribution is 2.27.